The Morgan fingerprint density at radius 3 is 2.27 bits per heavy atom. The second-order valence-corrected chi connectivity index (χ2v) is 10.8. The van der Waals surface area contributed by atoms with E-state index in [1.54, 1.807) is 21.9 Å². The van der Waals surface area contributed by atoms with Gasteiger partial charge in [0.25, 0.3) is 0 Å². The van der Waals surface area contributed by atoms with Crippen molar-refractivity contribution in [3.8, 4) is 11.4 Å². The average molecular weight is 557 g/mol. The molecule has 3 aromatic carbocycles. The third-order valence-electron chi connectivity index (χ3n) is 7.36. The summed E-state index contributed by atoms with van der Waals surface area (Å²) in [4.78, 5) is 36.1. The summed E-state index contributed by atoms with van der Waals surface area (Å²) < 4.78 is 5.65. The van der Waals surface area contributed by atoms with E-state index in [4.69, 9.17) is 16.1 Å². The maximum atomic E-state index is 14.1. The van der Waals surface area contributed by atoms with Crippen LogP contribution in [0.3, 0.4) is 0 Å². The van der Waals surface area contributed by atoms with E-state index in [9.17, 15) is 9.59 Å². The van der Waals surface area contributed by atoms with Crippen molar-refractivity contribution >= 4 is 23.4 Å². The first-order valence-electron chi connectivity index (χ1n) is 13.7. The minimum atomic E-state index is -0.508. The van der Waals surface area contributed by atoms with Crippen molar-refractivity contribution in [2.24, 2.45) is 0 Å². The van der Waals surface area contributed by atoms with E-state index in [1.807, 2.05) is 86.6 Å². The molecular formula is C32H33ClN4O3. The zero-order valence-corrected chi connectivity index (χ0v) is 23.5. The van der Waals surface area contributed by atoms with Gasteiger partial charge in [0.05, 0.1) is 5.92 Å². The Balaban J connectivity index is 1.39. The van der Waals surface area contributed by atoms with Crippen molar-refractivity contribution in [1.29, 1.82) is 0 Å². The number of benzene rings is 3. The maximum Gasteiger partial charge on any atom is 0.249 e. The molecule has 40 heavy (non-hydrogen) atoms. The summed E-state index contributed by atoms with van der Waals surface area (Å²) >= 11 is 6.14. The topological polar surface area (TPSA) is 79.5 Å². The summed E-state index contributed by atoms with van der Waals surface area (Å²) in [6.07, 6.45) is 2.54. The molecule has 0 N–H and O–H groups in total. The highest BCUT2D eigenvalue weighted by molar-refractivity contribution is 6.30. The number of halogens is 1. The zero-order valence-electron chi connectivity index (χ0n) is 22.7. The van der Waals surface area contributed by atoms with Crippen LogP contribution in [0.5, 0.6) is 0 Å². The fourth-order valence-corrected chi connectivity index (χ4v) is 5.48. The van der Waals surface area contributed by atoms with Gasteiger partial charge in [-0.1, -0.05) is 89.6 Å². The standard InChI is InChI=1S/C32H33ClN4O3/c1-22(2)37(32(39)29(23-12-5-3-6-13-23)24-14-7-4-8-15-24)21-28(38)36-19-10-9-18-27(36)31-34-30(35-40-31)25-16-11-17-26(33)20-25/h3-8,11-17,20,22,27,29H,9-10,18-19,21H2,1-2H3. The van der Waals surface area contributed by atoms with Gasteiger partial charge in [-0.25, -0.2) is 0 Å². The van der Waals surface area contributed by atoms with Gasteiger partial charge in [-0.15, -0.1) is 0 Å². The maximum absolute atomic E-state index is 14.1. The van der Waals surface area contributed by atoms with Gasteiger partial charge in [-0.05, 0) is 56.4 Å². The van der Waals surface area contributed by atoms with E-state index in [2.05, 4.69) is 10.1 Å². The molecule has 0 saturated carbocycles. The quantitative estimate of drug-likeness (QED) is 0.247. The summed E-state index contributed by atoms with van der Waals surface area (Å²) in [6.45, 7) is 4.43. The summed E-state index contributed by atoms with van der Waals surface area (Å²) in [7, 11) is 0. The number of hydrogen-bond acceptors (Lipinski definition) is 5. The molecule has 8 heteroatoms. The Morgan fingerprint density at radius 1 is 0.975 bits per heavy atom. The first-order chi connectivity index (χ1) is 19.4. The first-order valence-corrected chi connectivity index (χ1v) is 14.1. The highest BCUT2D eigenvalue weighted by Crippen LogP contribution is 2.33. The molecule has 0 spiro atoms. The molecule has 0 radical (unpaired) electrons. The lowest BCUT2D eigenvalue weighted by Gasteiger charge is -2.37. The largest absolute Gasteiger partial charge is 0.337 e. The normalized spacial score (nSPS) is 15.4. The minimum absolute atomic E-state index is 0.0293. The second kappa shape index (κ2) is 12.5. The molecule has 1 saturated heterocycles. The smallest absolute Gasteiger partial charge is 0.249 e. The van der Waals surface area contributed by atoms with Crippen molar-refractivity contribution < 1.29 is 14.1 Å². The van der Waals surface area contributed by atoms with Gasteiger partial charge in [-0.2, -0.15) is 4.98 Å². The highest BCUT2D eigenvalue weighted by atomic mass is 35.5. The van der Waals surface area contributed by atoms with Crippen LogP contribution >= 0.6 is 11.6 Å². The van der Waals surface area contributed by atoms with Crippen LogP contribution in [0.1, 0.15) is 62.1 Å². The number of aromatic nitrogens is 2. The van der Waals surface area contributed by atoms with Crippen molar-refractivity contribution in [3.63, 3.8) is 0 Å². The molecule has 206 valence electrons. The highest BCUT2D eigenvalue weighted by Gasteiger charge is 2.36. The summed E-state index contributed by atoms with van der Waals surface area (Å²) in [5.74, 6) is 0.0929. The Bertz CT molecular complexity index is 1400. The summed E-state index contributed by atoms with van der Waals surface area (Å²) in [6, 6.07) is 26.2. The molecule has 1 aromatic heterocycles. The Morgan fingerprint density at radius 2 is 1.65 bits per heavy atom. The third kappa shape index (κ3) is 6.10. The van der Waals surface area contributed by atoms with Crippen molar-refractivity contribution in [2.75, 3.05) is 13.1 Å². The van der Waals surface area contributed by atoms with Crippen LogP contribution in [0.25, 0.3) is 11.4 Å². The van der Waals surface area contributed by atoms with E-state index < -0.39 is 5.92 Å². The Hall–Kier alpha value is -3.97. The van der Waals surface area contributed by atoms with Gasteiger partial charge >= 0.3 is 0 Å². The molecule has 4 aromatic rings. The third-order valence-corrected chi connectivity index (χ3v) is 7.59. The van der Waals surface area contributed by atoms with Gasteiger partial charge < -0.3 is 14.3 Å². The summed E-state index contributed by atoms with van der Waals surface area (Å²) in [5, 5.41) is 4.74. The van der Waals surface area contributed by atoms with Crippen LogP contribution in [0.2, 0.25) is 5.02 Å². The average Bonchev–Trinajstić information content (AvgIpc) is 3.47. The molecule has 7 nitrogen and oxygen atoms in total. The molecule has 1 fully saturated rings. The predicted octanol–water partition coefficient (Wildman–Crippen LogP) is 6.51. The SMILES string of the molecule is CC(C)N(CC(=O)N1CCCCC1c1nc(-c2cccc(Cl)c2)no1)C(=O)C(c1ccccc1)c1ccccc1. The van der Waals surface area contributed by atoms with Crippen molar-refractivity contribution in [1.82, 2.24) is 19.9 Å². The van der Waals surface area contributed by atoms with Gasteiger partial charge in [0.2, 0.25) is 23.5 Å². The molecule has 1 atom stereocenters. The molecule has 2 amide bonds. The lowest BCUT2D eigenvalue weighted by atomic mass is 9.89. The predicted molar refractivity (Wildman–Crippen MR) is 155 cm³/mol. The number of nitrogens with zero attached hydrogens (tertiary/aromatic N) is 4. The van der Waals surface area contributed by atoms with Gasteiger partial charge in [0, 0.05) is 23.2 Å². The van der Waals surface area contributed by atoms with Crippen molar-refractivity contribution in [2.45, 2.75) is 51.1 Å². The number of likely N-dealkylation sites (tertiary alicyclic amines) is 1. The lowest BCUT2D eigenvalue weighted by molar-refractivity contribution is -0.145. The summed E-state index contributed by atoms with van der Waals surface area (Å²) in [5.41, 5.74) is 2.54. The molecule has 0 bridgehead atoms. The monoisotopic (exact) mass is 556 g/mol. The van der Waals surface area contributed by atoms with Crippen LogP contribution in [-0.2, 0) is 9.59 Å². The number of amides is 2. The van der Waals surface area contributed by atoms with E-state index in [0.717, 1.165) is 36.0 Å². The Labute approximate surface area is 239 Å². The fraction of sp³-hybridized carbons (Fsp3) is 0.312. The van der Waals surface area contributed by atoms with Gasteiger partial charge in [-0.3, -0.25) is 9.59 Å². The van der Waals surface area contributed by atoms with Crippen LogP contribution in [-0.4, -0.2) is 50.9 Å². The lowest BCUT2D eigenvalue weighted by Crippen LogP contribution is -2.49. The van der Waals surface area contributed by atoms with Crippen LogP contribution in [0.4, 0.5) is 0 Å². The van der Waals surface area contributed by atoms with E-state index >= 15 is 0 Å². The molecule has 1 aliphatic heterocycles. The van der Waals surface area contributed by atoms with Crippen LogP contribution in [0, 0.1) is 0 Å². The van der Waals surface area contributed by atoms with E-state index in [-0.39, 0.29) is 30.4 Å². The van der Waals surface area contributed by atoms with Crippen LogP contribution in [0.15, 0.2) is 89.5 Å². The zero-order chi connectivity index (χ0) is 28.1. The van der Waals surface area contributed by atoms with Crippen molar-refractivity contribution in [3.05, 3.63) is 107 Å². The molecule has 1 aliphatic rings. The second-order valence-electron chi connectivity index (χ2n) is 10.4. The van der Waals surface area contributed by atoms with E-state index in [0.29, 0.717) is 23.3 Å². The first kappa shape index (κ1) is 27.6. The van der Waals surface area contributed by atoms with Crippen LogP contribution < -0.4 is 0 Å². The van der Waals surface area contributed by atoms with Gasteiger partial charge in [0.1, 0.15) is 12.6 Å². The molecular weight excluding hydrogens is 524 g/mol. The minimum Gasteiger partial charge on any atom is -0.337 e. The Kier molecular flexibility index (Phi) is 8.60. The van der Waals surface area contributed by atoms with E-state index in [1.165, 1.54) is 0 Å². The number of hydrogen-bond donors (Lipinski definition) is 0. The molecule has 5 rings (SSSR count). The molecule has 0 aliphatic carbocycles. The number of carbonyl (C=O) groups is 2. The molecule has 2 heterocycles. The number of piperidine rings is 1. The number of carbonyl (C=O) groups excluding carboxylic acids is 2. The fourth-order valence-electron chi connectivity index (χ4n) is 5.29. The number of rotatable bonds is 8. The molecule has 1 unspecified atom stereocenters. The van der Waals surface area contributed by atoms with Gasteiger partial charge in [0.15, 0.2) is 0 Å².